The summed E-state index contributed by atoms with van der Waals surface area (Å²) in [5.41, 5.74) is 0.747. The molecule has 0 saturated heterocycles. The van der Waals surface area contributed by atoms with E-state index in [1.807, 2.05) is 0 Å². The molecule has 0 heterocycles. The third-order valence-electron chi connectivity index (χ3n) is 3.64. The Morgan fingerprint density at radius 2 is 2.05 bits per heavy atom. The van der Waals surface area contributed by atoms with E-state index in [1.165, 1.54) is 12.1 Å². The van der Waals surface area contributed by atoms with Crippen LogP contribution in [0, 0.1) is 17.7 Å². The van der Waals surface area contributed by atoms with Crippen LogP contribution in [0.1, 0.15) is 18.4 Å². The molecular weight excluding hydrogens is 285 g/mol. The Balaban J connectivity index is 1.81. The smallest absolute Gasteiger partial charge is 0.307 e. The third-order valence-corrected chi connectivity index (χ3v) is 3.99. The lowest BCUT2D eigenvalue weighted by molar-refractivity contribution is -0.152. The molecule has 1 aliphatic rings. The normalized spacial score (nSPS) is 21.1. The molecule has 2 atom stereocenters. The van der Waals surface area contributed by atoms with Crippen molar-refractivity contribution >= 4 is 23.5 Å². The lowest BCUT2D eigenvalue weighted by atomic mass is 9.73. The van der Waals surface area contributed by atoms with Gasteiger partial charge in [0.1, 0.15) is 5.82 Å². The topological polar surface area (TPSA) is 66.4 Å². The SMILES string of the molecule is O=C(O)C1CCC1C(=O)NCCc1ccc(F)cc1Cl. The summed E-state index contributed by atoms with van der Waals surface area (Å²) in [5.74, 6) is -2.55. The molecule has 0 spiro atoms. The van der Waals surface area contributed by atoms with Crippen molar-refractivity contribution in [2.24, 2.45) is 11.8 Å². The highest BCUT2D eigenvalue weighted by Gasteiger charge is 2.41. The first kappa shape index (κ1) is 14.8. The van der Waals surface area contributed by atoms with Gasteiger partial charge in [-0.15, -0.1) is 0 Å². The third kappa shape index (κ3) is 3.28. The molecule has 1 fully saturated rings. The fourth-order valence-corrected chi connectivity index (χ4v) is 2.55. The summed E-state index contributed by atoms with van der Waals surface area (Å²) in [6, 6.07) is 4.12. The molecule has 0 aliphatic heterocycles. The molecule has 2 N–H and O–H groups in total. The van der Waals surface area contributed by atoms with E-state index < -0.39 is 23.6 Å². The highest BCUT2D eigenvalue weighted by Crippen LogP contribution is 2.34. The van der Waals surface area contributed by atoms with Crippen LogP contribution in [0.25, 0.3) is 0 Å². The highest BCUT2D eigenvalue weighted by atomic mass is 35.5. The number of carboxylic acid groups (broad SMARTS) is 1. The Morgan fingerprint density at radius 3 is 2.60 bits per heavy atom. The van der Waals surface area contributed by atoms with Crippen LogP contribution in [-0.2, 0) is 16.0 Å². The minimum atomic E-state index is -0.919. The Morgan fingerprint density at radius 1 is 1.35 bits per heavy atom. The van der Waals surface area contributed by atoms with Crippen LogP contribution in [0.4, 0.5) is 4.39 Å². The Labute approximate surface area is 120 Å². The van der Waals surface area contributed by atoms with Crippen LogP contribution in [0.3, 0.4) is 0 Å². The Bertz CT molecular complexity index is 535. The average molecular weight is 300 g/mol. The Kier molecular flexibility index (Phi) is 4.60. The minimum Gasteiger partial charge on any atom is -0.481 e. The predicted octanol–water partition coefficient (Wildman–Crippen LogP) is 2.25. The molecule has 4 nitrogen and oxygen atoms in total. The van der Waals surface area contributed by atoms with Crippen LogP contribution in [0.2, 0.25) is 5.02 Å². The predicted molar refractivity (Wildman–Crippen MR) is 72.0 cm³/mol. The summed E-state index contributed by atoms with van der Waals surface area (Å²) >= 11 is 5.88. The van der Waals surface area contributed by atoms with E-state index in [0.29, 0.717) is 30.8 Å². The average Bonchev–Trinajstić information content (AvgIpc) is 2.29. The molecule has 1 amide bonds. The number of halogens is 2. The number of aliphatic carboxylic acids is 1. The fourth-order valence-electron chi connectivity index (χ4n) is 2.29. The standard InChI is InChI=1S/C14H15ClFNO3/c15-12-7-9(16)2-1-8(12)5-6-17-13(18)10-3-4-11(10)14(19)20/h1-2,7,10-11H,3-6H2,(H,17,18)(H,19,20). The number of rotatable bonds is 5. The molecule has 108 valence electrons. The van der Waals surface area contributed by atoms with E-state index in [2.05, 4.69) is 5.32 Å². The van der Waals surface area contributed by atoms with Crippen molar-refractivity contribution in [2.75, 3.05) is 6.54 Å². The van der Waals surface area contributed by atoms with E-state index in [0.717, 1.165) is 5.56 Å². The van der Waals surface area contributed by atoms with Gasteiger partial charge in [0.05, 0.1) is 11.8 Å². The van der Waals surface area contributed by atoms with Crippen LogP contribution in [-0.4, -0.2) is 23.5 Å². The van der Waals surface area contributed by atoms with Gasteiger partial charge < -0.3 is 10.4 Å². The first-order valence-corrected chi connectivity index (χ1v) is 6.81. The van der Waals surface area contributed by atoms with Crippen molar-refractivity contribution in [3.05, 3.63) is 34.6 Å². The van der Waals surface area contributed by atoms with E-state index in [-0.39, 0.29) is 5.91 Å². The van der Waals surface area contributed by atoms with Crippen LogP contribution in [0.5, 0.6) is 0 Å². The zero-order valence-electron chi connectivity index (χ0n) is 10.7. The molecule has 2 rings (SSSR count). The van der Waals surface area contributed by atoms with Gasteiger partial charge in [0, 0.05) is 11.6 Å². The molecule has 6 heteroatoms. The van der Waals surface area contributed by atoms with E-state index in [9.17, 15) is 14.0 Å². The molecule has 1 aliphatic carbocycles. The minimum absolute atomic E-state index is 0.234. The van der Waals surface area contributed by atoms with Gasteiger partial charge in [-0.05, 0) is 37.0 Å². The van der Waals surface area contributed by atoms with Gasteiger partial charge in [-0.2, -0.15) is 0 Å². The van der Waals surface area contributed by atoms with Crippen molar-refractivity contribution in [2.45, 2.75) is 19.3 Å². The lowest BCUT2D eigenvalue weighted by Crippen LogP contribution is -2.44. The number of amides is 1. The van der Waals surface area contributed by atoms with E-state index in [1.54, 1.807) is 6.07 Å². The van der Waals surface area contributed by atoms with Gasteiger partial charge in [0.2, 0.25) is 5.91 Å². The Hall–Kier alpha value is -1.62. The second-order valence-corrected chi connectivity index (χ2v) is 5.31. The van der Waals surface area contributed by atoms with Crippen LogP contribution < -0.4 is 5.32 Å². The molecule has 1 aromatic carbocycles. The zero-order chi connectivity index (χ0) is 14.7. The van der Waals surface area contributed by atoms with Crippen molar-refractivity contribution in [3.8, 4) is 0 Å². The quantitative estimate of drug-likeness (QED) is 0.876. The zero-order valence-corrected chi connectivity index (χ0v) is 11.5. The summed E-state index contributed by atoms with van der Waals surface area (Å²) in [5, 5.41) is 11.9. The summed E-state index contributed by atoms with van der Waals surface area (Å²) in [6.45, 7) is 0.354. The number of benzene rings is 1. The maximum atomic E-state index is 12.9. The molecule has 0 aromatic heterocycles. The number of hydrogen-bond acceptors (Lipinski definition) is 2. The number of hydrogen-bond donors (Lipinski definition) is 2. The second-order valence-electron chi connectivity index (χ2n) is 4.91. The number of carboxylic acids is 1. The van der Waals surface area contributed by atoms with Crippen LogP contribution >= 0.6 is 11.6 Å². The van der Waals surface area contributed by atoms with Gasteiger partial charge in [-0.1, -0.05) is 17.7 Å². The lowest BCUT2D eigenvalue weighted by Gasteiger charge is -2.31. The monoisotopic (exact) mass is 299 g/mol. The summed E-state index contributed by atoms with van der Waals surface area (Å²) < 4.78 is 12.9. The van der Waals surface area contributed by atoms with Crippen molar-refractivity contribution in [1.29, 1.82) is 0 Å². The first-order chi connectivity index (χ1) is 9.49. The molecule has 0 bridgehead atoms. The van der Waals surface area contributed by atoms with Gasteiger partial charge in [0.15, 0.2) is 0 Å². The van der Waals surface area contributed by atoms with Gasteiger partial charge in [0.25, 0.3) is 0 Å². The first-order valence-electron chi connectivity index (χ1n) is 6.43. The summed E-state index contributed by atoms with van der Waals surface area (Å²) in [7, 11) is 0. The molecule has 2 unspecified atom stereocenters. The number of carbonyl (C=O) groups excluding carboxylic acids is 1. The van der Waals surface area contributed by atoms with Gasteiger partial charge in [-0.25, -0.2) is 4.39 Å². The van der Waals surface area contributed by atoms with Gasteiger partial charge >= 0.3 is 5.97 Å². The largest absolute Gasteiger partial charge is 0.481 e. The summed E-state index contributed by atoms with van der Waals surface area (Å²) in [4.78, 5) is 22.6. The van der Waals surface area contributed by atoms with E-state index >= 15 is 0 Å². The molecule has 1 aromatic rings. The van der Waals surface area contributed by atoms with Crippen LogP contribution in [0.15, 0.2) is 18.2 Å². The highest BCUT2D eigenvalue weighted by molar-refractivity contribution is 6.31. The fraction of sp³-hybridized carbons (Fsp3) is 0.429. The van der Waals surface area contributed by atoms with E-state index in [4.69, 9.17) is 16.7 Å². The van der Waals surface area contributed by atoms with Gasteiger partial charge in [-0.3, -0.25) is 9.59 Å². The number of carbonyl (C=O) groups is 2. The van der Waals surface area contributed by atoms with Crippen molar-refractivity contribution in [1.82, 2.24) is 5.32 Å². The molecule has 20 heavy (non-hydrogen) atoms. The molecular formula is C14H15ClFNO3. The number of nitrogens with one attached hydrogen (secondary N) is 1. The van der Waals surface area contributed by atoms with Crippen molar-refractivity contribution < 1.29 is 19.1 Å². The van der Waals surface area contributed by atoms with Crippen molar-refractivity contribution in [3.63, 3.8) is 0 Å². The maximum Gasteiger partial charge on any atom is 0.307 e. The maximum absolute atomic E-state index is 12.9. The summed E-state index contributed by atoms with van der Waals surface area (Å²) in [6.07, 6.45) is 1.65. The molecule has 0 radical (unpaired) electrons. The molecule has 1 saturated carbocycles. The second kappa shape index (κ2) is 6.22.